The third kappa shape index (κ3) is 4.47. The van der Waals surface area contributed by atoms with Crippen molar-refractivity contribution in [3.8, 4) is 11.4 Å². The number of amides is 1. The Morgan fingerprint density at radius 1 is 1.36 bits per heavy atom. The van der Waals surface area contributed by atoms with Crippen molar-refractivity contribution >= 4 is 18.3 Å². The Labute approximate surface area is 136 Å². The molecular weight excluding hydrogens is 304 g/mol. The molecule has 1 aromatic heterocycles. The Balaban J connectivity index is 0.00000242. The van der Waals surface area contributed by atoms with Crippen LogP contribution in [0.15, 0.2) is 36.5 Å². The molecule has 1 heterocycles. The van der Waals surface area contributed by atoms with Crippen molar-refractivity contribution in [1.82, 2.24) is 15.1 Å². The maximum absolute atomic E-state index is 11.7. The minimum atomic E-state index is -0.186. The first-order chi connectivity index (χ1) is 10.1. The summed E-state index contributed by atoms with van der Waals surface area (Å²) in [5.74, 6) is 0.555. The lowest BCUT2D eigenvalue weighted by Gasteiger charge is -2.08. The van der Waals surface area contributed by atoms with E-state index < -0.39 is 0 Å². The average Bonchev–Trinajstić information content (AvgIpc) is 3.00. The van der Waals surface area contributed by atoms with E-state index in [4.69, 9.17) is 10.5 Å². The predicted octanol–water partition coefficient (Wildman–Crippen LogP) is 1.51. The molecule has 0 saturated carbocycles. The first-order valence-corrected chi connectivity index (χ1v) is 6.80. The van der Waals surface area contributed by atoms with Crippen molar-refractivity contribution < 1.29 is 9.53 Å². The molecule has 0 fully saturated rings. The summed E-state index contributed by atoms with van der Waals surface area (Å²) in [4.78, 5) is 11.7. The number of hydrogen-bond acceptors (Lipinski definition) is 4. The maximum atomic E-state index is 11.7. The Kier molecular flexibility index (Phi) is 6.88. The van der Waals surface area contributed by atoms with E-state index in [0.717, 1.165) is 17.1 Å². The summed E-state index contributed by atoms with van der Waals surface area (Å²) in [6.07, 6.45) is 1.86. The summed E-state index contributed by atoms with van der Waals surface area (Å²) in [5.41, 5.74) is 7.18. The second kappa shape index (κ2) is 8.41. The van der Waals surface area contributed by atoms with Gasteiger partial charge >= 0.3 is 0 Å². The lowest BCUT2D eigenvalue weighted by atomic mass is 10.2. The molecule has 7 heteroatoms. The molecule has 6 nitrogen and oxygen atoms in total. The molecule has 2 aromatic rings. The van der Waals surface area contributed by atoms with Gasteiger partial charge in [0.1, 0.15) is 5.75 Å². The van der Waals surface area contributed by atoms with Crippen molar-refractivity contribution in [2.45, 2.75) is 13.5 Å². The smallest absolute Gasteiger partial charge is 0.224 e. The number of ether oxygens (including phenoxy) is 1. The van der Waals surface area contributed by atoms with Crippen LogP contribution in [0.4, 0.5) is 0 Å². The molecule has 0 aliphatic carbocycles. The fourth-order valence-electron chi connectivity index (χ4n) is 1.79. The number of carbonyl (C=O) groups is 1. The van der Waals surface area contributed by atoms with Crippen LogP contribution in [0.1, 0.15) is 12.6 Å². The van der Waals surface area contributed by atoms with Gasteiger partial charge < -0.3 is 15.8 Å². The van der Waals surface area contributed by atoms with Crippen molar-refractivity contribution in [3.63, 3.8) is 0 Å². The molecule has 120 valence electrons. The Morgan fingerprint density at radius 2 is 2.05 bits per heavy atom. The highest BCUT2D eigenvalue weighted by Gasteiger charge is 2.10. The lowest BCUT2D eigenvalue weighted by Crippen LogP contribution is -2.32. The zero-order valence-electron chi connectivity index (χ0n) is 12.7. The summed E-state index contributed by atoms with van der Waals surface area (Å²) >= 11 is 0. The van der Waals surface area contributed by atoms with Crippen LogP contribution in [0.3, 0.4) is 0 Å². The van der Waals surface area contributed by atoms with Gasteiger partial charge in [-0.05, 0) is 30.3 Å². The van der Waals surface area contributed by atoms with Crippen LogP contribution in [0.25, 0.3) is 5.69 Å². The van der Waals surface area contributed by atoms with Gasteiger partial charge in [-0.3, -0.25) is 4.79 Å². The molecule has 0 radical (unpaired) electrons. The minimum absolute atomic E-state index is 0. The predicted molar refractivity (Wildman–Crippen MR) is 87.4 cm³/mol. The van der Waals surface area contributed by atoms with Gasteiger partial charge in [0.05, 0.1) is 25.0 Å². The van der Waals surface area contributed by atoms with E-state index in [-0.39, 0.29) is 24.2 Å². The zero-order valence-corrected chi connectivity index (χ0v) is 13.5. The number of methoxy groups -OCH3 is 1. The molecule has 1 aromatic carbocycles. The van der Waals surface area contributed by atoms with Crippen molar-refractivity contribution in [2.75, 3.05) is 13.7 Å². The van der Waals surface area contributed by atoms with Crippen LogP contribution >= 0.6 is 12.4 Å². The van der Waals surface area contributed by atoms with Crippen LogP contribution < -0.4 is 15.8 Å². The number of nitrogens with zero attached hydrogens (tertiary/aromatic N) is 2. The van der Waals surface area contributed by atoms with E-state index in [1.54, 1.807) is 18.7 Å². The molecule has 0 bridgehead atoms. The van der Waals surface area contributed by atoms with Crippen LogP contribution in [-0.2, 0) is 11.3 Å². The van der Waals surface area contributed by atoms with Crippen LogP contribution in [0, 0.1) is 5.92 Å². The van der Waals surface area contributed by atoms with Gasteiger partial charge in [0, 0.05) is 18.7 Å². The largest absolute Gasteiger partial charge is 0.497 e. The third-order valence-electron chi connectivity index (χ3n) is 3.23. The van der Waals surface area contributed by atoms with E-state index in [1.165, 1.54) is 0 Å². The third-order valence-corrected chi connectivity index (χ3v) is 3.23. The highest BCUT2D eigenvalue weighted by Crippen LogP contribution is 2.14. The van der Waals surface area contributed by atoms with Crippen LogP contribution in [-0.4, -0.2) is 29.3 Å². The summed E-state index contributed by atoms with van der Waals surface area (Å²) in [6.45, 7) is 2.53. The number of aromatic nitrogens is 2. The molecule has 0 aliphatic heterocycles. The van der Waals surface area contributed by atoms with Gasteiger partial charge in [0.2, 0.25) is 5.91 Å². The van der Waals surface area contributed by atoms with Crippen LogP contribution in [0.5, 0.6) is 5.75 Å². The molecule has 1 unspecified atom stereocenters. The number of benzene rings is 1. The number of hydrogen-bond donors (Lipinski definition) is 2. The van der Waals surface area contributed by atoms with E-state index in [0.29, 0.717) is 13.1 Å². The van der Waals surface area contributed by atoms with E-state index in [9.17, 15) is 4.79 Å². The second-order valence-electron chi connectivity index (χ2n) is 4.80. The topological polar surface area (TPSA) is 82.2 Å². The standard InChI is InChI=1S/C15H20N4O2.ClH/c1-11(9-16)15(20)17-10-12-7-8-19(18-12)13-3-5-14(21-2)6-4-13;/h3-8,11H,9-10,16H2,1-2H3,(H,17,20);1H. The van der Waals surface area contributed by atoms with Gasteiger partial charge in [0.15, 0.2) is 0 Å². The second-order valence-corrected chi connectivity index (χ2v) is 4.80. The normalized spacial score (nSPS) is 11.4. The number of carbonyl (C=O) groups excluding carboxylic acids is 1. The summed E-state index contributed by atoms with van der Waals surface area (Å²) in [6, 6.07) is 9.47. The molecule has 22 heavy (non-hydrogen) atoms. The monoisotopic (exact) mass is 324 g/mol. The van der Waals surface area contributed by atoms with E-state index >= 15 is 0 Å². The molecule has 1 atom stereocenters. The van der Waals surface area contributed by atoms with E-state index in [2.05, 4.69) is 10.4 Å². The van der Waals surface area contributed by atoms with Gasteiger partial charge in [-0.25, -0.2) is 4.68 Å². The van der Waals surface area contributed by atoms with Crippen molar-refractivity contribution in [3.05, 3.63) is 42.2 Å². The fourth-order valence-corrected chi connectivity index (χ4v) is 1.79. The van der Waals surface area contributed by atoms with Crippen molar-refractivity contribution in [1.29, 1.82) is 0 Å². The van der Waals surface area contributed by atoms with Gasteiger partial charge in [-0.2, -0.15) is 5.10 Å². The molecule has 0 spiro atoms. The summed E-state index contributed by atoms with van der Waals surface area (Å²) < 4.78 is 6.88. The lowest BCUT2D eigenvalue weighted by molar-refractivity contribution is -0.124. The first-order valence-electron chi connectivity index (χ1n) is 6.80. The molecule has 0 aliphatic rings. The summed E-state index contributed by atoms with van der Waals surface area (Å²) in [7, 11) is 1.63. The quantitative estimate of drug-likeness (QED) is 0.844. The highest BCUT2D eigenvalue weighted by atomic mass is 35.5. The Morgan fingerprint density at radius 3 is 2.64 bits per heavy atom. The van der Waals surface area contributed by atoms with E-state index in [1.807, 2.05) is 36.5 Å². The summed E-state index contributed by atoms with van der Waals surface area (Å²) in [5, 5.41) is 7.24. The Hall–Kier alpha value is -2.05. The number of rotatable bonds is 6. The first kappa shape index (κ1) is 18.0. The van der Waals surface area contributed by atoms with Crippen LogP contribution in [0.2, 0.25) is 0 Å². The molecule has 0 saturated heterocycles. The fraction of sp³-hybridized carbons (Fsp3) is 0.333. The number of nitrogens with two attached hydrogens (primary N) is 1. The number of nitrogens with one attached hydrogen (secondary N) is 1. The maximum Gasteiger partial charge on any atom is 0.224 e. The highest BCUT2D eigenvalue weighted by molar-refractivity contribution is 5.85. The number of halogens is 1. The SMILES string of the molecule is COc1ccc(-n2ccc(CNC(=O)C(C)CN)n2)cc1.Cl. The minimum Gasteiger partial charge on any atom is -0.497 e. The van der Waals surface area contributed by atoms with Gasteiger partial charge in [-0.1, -0.05) is 6.92 Å². The molecular formula is C15H21ClN4O2. The molecule has 3 N–H and O–H groups in total. The van der Waals surface area contributed by atoms with Crippen molar-refractivity contribution in [2.24, 2.45) is 11.7 Å². The average molecular weight is 325 g/mol. The molecule has 1 amide bonds. The van der Waals surface area contributed by atoms with Gasteiger partial charge in [-0.15, -0.1) is 12.4 Å². The zero-order chi connectivity index (χ0) is 15.2. The molecule has 2 rings (SSSR count). The Bertz CT molecular complexity index is 598. The van der Waals surface area contributed by atoms with Gasteiger partial charge in [0.25, 0.3) is 0 Å².